The van der Waals surface area contributed by atoms with Crippen LogP contribution in [0.2, 0.25) is 0 Å². The van der Waals surface area contributed by atoms with E-state index in [1.165, 1.54) is 0 Å². The minimum Gasteiger partial charge on any atom is -0.478 e. The topological polar surface area (TPSA) is 79.5 Å². The van der Waals surface area contributed by atoms with E-state index in [1.807, 2.05) is 13.8 Å². The van der Waals surface area contributed by atoms with Gasteiger partial charge in [-0.1, -0.05) is 13.0 Å². The van der Waals surface area contributed by atoms with E-state index in [1.54, 1.807) is 25.1 Å². The van der Waals surface area contributed by atoms with Crippen molar-refractivity contribution in [2.45, 2.75) is 32.9 Å². The van der Waals surface area contributed by atoms with Crippen LogP contribution in [-0.2, 0) is 4.79 Å². The molecule has 122 valence electrons. The van der Waals surface area contributed by atoms with Gasteiger partial charge in [0.1, 0.15) is 0 Å². The first-order valence-electron chi connectivity index (χ1n) is 7.15. The Morgan fingerprint density at radius 1 is 1.45 bits per heavy atom. The Balaban J connectivity index is 0.00000242. The van der Waals surface area contributed by atoms with Gasteiger partial charge >= 0.3 is 0 Å². The Morgan fingerprint density at radius 3 is 2.86 bits per heavy atom. The maximum Gasteiger partial charge on any atom is 0.265 e. The zero-order valence-electron chi connectivity index (χ0n) is 12.9. The number of para-hydroxylation sites is 1. The van der Waals surface area contributed by atoms with Crippen molar-refractivity contribution in [1.82, 2.24) is 10.6 Å². The molecule has 0 radical (unpaired) electrons. The highest BCUT2D eigenvalue weighted by Gasteiger charge is 2.27. The van der Waals surface area contributed by atoms with Crippen LogP contribution < -0.4 is 20.7 Å². The summed E-state index contributed by atoms with van der Waals surface area (Å²) in [5, 5.41) is 8.82. The molecule has 0 fully saturated rings. The van der Waals surface area contributed by atoms with Gasteiger partial charge in [0.25, 0.3) is 11.8 Å². The van der Waals surface area contributed by atoms with Crippen molar-refractivity contribution in [3.8, 4) is 5.75 Å². The predicted molar refractivity (Wildman–Crippen MR) is 87.9 cm³/mol. The molecule has 1 heterocycles. The number of ether oxygens (including phenoxy) is 1. The minimum absolute atomic E-state index is 0. The third-order valence-electron chi connectivity index (χ3n) is 3.30. The van der Waals surface area contributed by atoms with E-state index in [0.717, 1.165) is 6.54 Å². The van der Waals surface area contributed by atoms with E-state index in [4.69, 9.17) is 4.74 Å². The van der Waals surface area contributed by atoms with Gasteiger partial charge in [0.15, 0.2) is 11.9 Å². The van der Waals surface area contributed by atoms with Gasteiger partial charge in [-0.05, 0) is 32.5 Å². The van der Waals surface area contributed by atoms with Crippen LogP contribution in [0.5, 0.6) is 5.75 Å². The number of amides is 2. The molecule has 1 aliphatic heterocycles. The van der Waals surface area contributed by atoms with Crippen LogP contribution in [0.3, 0.4) is 0 Å². The second-order valence-electron chi connectivity index (χ2n) is 5.10. The molecule has 0 spiro atoms. The molecule has 3 N–H and O–H groups in total. The predicted octanol–water partition coefficient (Wildman–Crippen LogP) is 1.56. The zero-order chi connectivity index (χ0) is 15.4. The number of anilines is 1. The summed E-state index contributed by atoms with van der Waals surface area (Å²) in [6, 6.07) is 5.33. The van der Waals surface area contributed by atoms with Gasteiger partial charge in [-0.3, -0.25) is 9.59 Å². The summed E-state index contributed by atoms with van der Waals surface area (Å²) in [6.07, 6.45) is -0.605. The lowest BCUT2D eigenvalue weighted by Gasteiger charge is -2.25. The summed E-state index contributed by atoms with van der Waals surface area (Å²) >= 11 is 0. The van der Waals surface area contributed by atoms with E-state index < -0.39 is 6.10 Å². The maximum atomic E-state index is 12.3. The van der Waals surface area contributed by atoms with Crippen molar-refractivity contribution in [1.29, 1.82) is 0 Å². The fourth-order valence-corrected chi connectivity index (χ4v) is 2.17. The van der Waals surface area contributed by atoms with Gasteiger partial charge in [-0.15, -0.1) is 12.4 Å². The van der Waals surface area contributed by atoms with E-state index in [-0.39, 0.29) is 30.3 Å². The van der Waals surface area contributed by atoms with Gasteiger partial charge in [0.05, 0.1) is 11.3 Å². The van der Waals surface area contributed by atoms with Gasteiger partial charge in [-0.2, -0.15) is 0 Å². The van der Waals surface area contributed by atoms with Gasteiger partial charge in [-0.25, -0.2) is 0 Å². The lowest BCUT2D eigenvalue weighted by molar-refractivity contribution is -0.122. The molecule has 0 saturated carbocycles. The number of rotatable bonds is 5. The highest BCUT2D eigenvalue weighted by molar-refractivity contribution is 6.03. The molecule has 2 atom stereocenters. The van der Waals surface area contributed by atoms with Gasteiger partial charge < -0.3 is 20.7 Å². The average Bonchev–Trinajstić information content (AvgIpc) is 2.46. The number of benzene rings is 1. The number of nitrogens with one attached hydrogen (secondary N) is 3. The summed E-state index contributed by atoms with van der Waals surface area (Å²) in [5.74, 6) is 0.0129. The fourth-order valence-electron chi connectivity index (χ4n) is 2.17. The number of halogens is 1. The van der Waals surface area contributed by atoms with Crippen LogP contribution in [0, 0.1) is 0 Å². The molecule has 7 heteroatoms. The molecule has 1 unspecified atom stereocenters. The van der Waals surface area contributed by atoms with Gasteiger partial charge in [0, 0.05) is 12.6 Å². The Kier molecular flexibility index (Phi) is 6.64. The minimum atomic E-state index is -0.605. The first kappa shape index (κ1) is 18.3. The molecule has 1 aromatic rings. The largest absolute Gasteiger partial charge is 0.478 e. The number of hydrogen-bond donors (Lipinski definition) is 3. The molecule has 2 amide bonds. The highest BCUT2D eigenvalue weighted by Crippen LogP contribution is 2.33. The molecule has 6 nitrogen and oxygen atoms in total. The van der Waals surface area contributed by atoms with E-state index in [0.29, 0.717) is 23.5 Å². The molecular weight excluding hydrogens is 306 g/mol. The average molecular weight is 328 g/mol. The molecule has 0 aliphatic carbocycles. The van der Waals surface area contributed by atoms with Crippen LogP contribution in [0.1, 0.15) is 31.1 Å². The first-order chi connectivity index (χ1) is 10.0. The Labute approximate surface area is 136 Å². The number of carbonyl (C=O) groups is 2. The second-order valence-corrected chi connectivity index (χ2v) is 5.10. The molecule has 1 aromatic carbocycles. The van der Waals surface area contributed by atoms with E-state index >= 15 is 0 Å². The number of hydrogen-bond acceptors (Lipinski definition) is 4. The lowest BCUT2D eigenvalue weighted by atomic mass is 10.1. The summed E-state index contributed by atoms with van der Waals surface area (Å²) in [6.45, 7) is 7.05. The van der Waals surface area contributed by atoms with Crippen molar-refractivity contribution in [3.63, 3.8) is 0 Å². The Hall–Kier alpha value is -1.79. The lowest BCUT2D eigenvalue weighted by Crippen LogP contribution is -2.40. The van der Waals surface area contributed by atoms with Crippen molar-refractivity contribution >= 4 is 29.9 Å². The molecule has 0 bridgehead atoms. The Bertz CT molecular complexity index is 551. The second kappa shape index (κ2) is 8.00. The standard InChI is InChI=1S/C15H21N3O3.ClH/c1-4-16-9(2)8-17-15(20)11-6-5-7-12-13(11)21-10(3)14(19)18-12;/h5-7,9-10,16H,4,8H2,1-3H3,(H,17,20)(H,18,19);1H/t9-,10?;/m1./s1. The van der Waals surface area contributed by atoms with Crippen LogP contribution in [0.25, 0.3) is 0 Å². The summed E-state index contributed by atoms with van der Waals surface area (Å²) in [5.41, 5.74) is 0.966. The first-order valence-corrected chi connectivity index (χ1v) is 7.15. The number of likely N-dealkylation sites (N-methyl/N-ethyl adjacent to an activating group) is 1. The molecular formula is C15H22ClN3O3. The molecule has 0 aromatic heterocycles. The molecule has 1 aliphatic rings. The van der Waals surface area contributed by atoms with Crippen molar-refractivity contribution in [2.24, 2.45) is 0 Å². The molecule has 0 saturated heterocycles. The van der Waals surface area contributed by atoms with Crippen molar-refractivity contribution in [2.75, 3.05) is 18.4 Å². The highest BCUT2D eigenvalue weighted by atomic mass is 35.5. The van der Waals surface area contributed by atoms with E-state index in [2.05, 4.69) is 16.0 Å². The van der Waals surface area contributed by atoms with Crippen LogP contribution >= 0.6 is 12.4 Å². The van der Waals surface area contributed by atoms with Crippen LogP contribution in [-0.4, -0.2) is 37.0 Å². The van der Waals surface area contributed by atoms with E-state index in [9.17, 15) is 9.59 Å². The normalized spacial score (nSPS) is 17.4. The third-order valence-corrected chi connectivity index (χ3v) is 3.30. The summed E-state index contributed by atoms with van der Waals surface area (Å²) in [4.78, 5) is 23.9. The molecule has 22 heavy (non-hydrogen) atoms. The maximum absolute atomic E-state index is 12.3. The quantitative estimate of drug-likeness (QED) is 0.766. The third kappa shape index (κ3) is 4.11. The van der Waals surface area contributed by atoms with Crippen molar-refractivity contribution < 1.29 is 14.3 Å². The fraction of sp³-hybridized carbons (Fsp3) is 0.467. The summed E-state index contributed by atoms with van der Waals surface area (Å²) in [7, 11) is 0. The monoisotopic (exact) mass is 327 g/mol. The SMILES string of the molecule is CCN[C@H](C)CNC(=O)c1cccc2c1OC(C)C(=O)N2.Cl. The van der Waals surface area contributed by atoms with Crippen molar-refractivity contribution in [3.05, 3.63) is 23.8 Å². The number of fused-ring (bicyclic) bond motifs is 1. The van der Waals surface area contributed by atoms with Crippen LogP contribution in [0.15, 0.2) is 18.2 Å². The van der Waals surface area contributed by atoms with Crippen LogP contribution in [0.4, 0.5) is 5.69 Å². The smallest absolute Gasteiger partial charge is 0.265 e. The summed E-state index contributed by atoms with van der Waals surface area (Å²) < 4.78 is 5.56. The molecule has 2 rings (SSSR count). The van der Waals surface area contributed by atoms with Gasteiger partial charge in [0.2, 0.25) is 0 Å². The zero-order valence-corrected chi connectivity index (χ0v) is 13.8. The Morgan fingerprint density at radius 2 is 2.18 bits per heavy atom. The number of carbonyl (C=O) groups excluding carboxylic acids is 2.